The van der Waals surface area contributed by atoms with Crippen molar-refractivity contribution in [3.05, 3.63) is 82.9 Å². The second-order valence-corrected chi connectivity index (χ2v) is 8.17. The Morgan fingerprint density at radius 3 is 2.29 bits per heavy atom. The first-order chi connectivity index (χ1) is 14.9. The van der Waals surface area contributed by atoms with E-state index in [2.05, 4.69) is 5.32 Å². The summed E-state index contributed by atoms with van der Waals surface area (Å²) < 4.78 is 5.81. The maximum absolute atomic E-state index is 12.7. The quantitative estimate of drug-likeness (QED) is 0.557. The number of halogens is 1. The number of amides is 2. The van der Waals surface area contributed by atoms with Gasteiger partial charge in [0.2, 0.25) is 11.8 Å². The minimum Gasteiger partial charge on any atom is -0.457 e. The van der Waals surface area contributed by atoms with E-state index in [4.69, 9.17) is 16.3 Å². The standard InChI is InChI=1S/C25H23ClN2O3/c1-16-3-9-21(10-4-16)31-22-11-6-19(7-12-22)27-25(30)18-13-24(29)28(15-18)20-8-5-17(2)23(26)14-20/h3-12,14,18H,13,15H2,1-2H3,(H,27,30)/t18-/m0/s1. The molecular weight excluding hydrogens is 412 g/mol. The second kappa shape index (κ2) is 8.82. The first-order valence-corrected chi connectivity index (χ1v) is 10.5. The van der Waals surface area contributed by atoms with Gasteiger partial charge in [-0.25, -0.2) is 0 Å². The summed E-state index contributed by atoms with van der Waals surface area (Å²) in [5, 5.41) is 3.50. The molecule has 6 heteroatoms. The maximum atomic E-state index is 12.7. The summed E-state index contributed by atoms with van der Waals surface area (Å²) >= 11 is 6.19. The number of anilines is 2. The van der Waals surface area contributed by atoms with Crippen LogP contribution in [-0.4, -0.2) is 18.4 Å². The lowest BCUT2D eigenvalue weighted by molar-refractivity contribution is -0.122. The highest BCUT2D eigenvalue weighted by Gasteiger charge is 2.35. The predicted octanol–water partition coefficient (Wildman–Crippen LogP) is 5.74. The Morgan fingerprint density at radius 2 is 1.65 bits per heavy atom. The number of benzene rings is 3. The number of hydrogen-bond donors (Lipinski definition) is 1. The Balaban J connectivity index is 1.37. The molecule has 1 aliphatic rings. The SMILES string of the molecule is Cc1ccc(Oc2ccc(NC(=O)[C@H]3CC(=O)N(c4ccc(C)c(Cl)c4)C3)cc2)cc1. The van der Waals surface area contributed by atoms with Gasteiger partial charge in [-0.05, 0) is 67.9 Å². The maximum Gasteiger partial charge on any atom is 0.229 e. The molecule has 1 heterocycles. The molecule has 0 saturated carbocycles. The van der Waals surface area contributed by atoms with E-state index in [1.165, 1.54) is 5.56 Å². The number of ether oxygens (including phenoxy) is 1. The fourth-order valence-corrected chi connectivity index (χ4v) is 3.65. The van der Waals surface area contributed by atoms with Crippen molar-refractivity contribution in [1.29, 1.82) is 0 Å². The van der Waals surface area contributed by atoms with Crippen molar-refractivity contribution in [1.82, 2.24) is 0 Å². The Kier molecular flexibility index (Phi) is 5.96. The van der Waals surface area contributed by atoms with Gasteiger partial charge >= 0.3 is 0 Å². The molecule has 31 heavy (non-hydrogen) atoms. The van der Waals surface area contributed by atoms with Crippen LogP contribution in [0.1, 0.15) is 17.5 Å². The molecule has 3 aromatic rings. The summed E-state index contributed by atoms with van der Waals surface area (Å²) in [5.41, 5.74) is 3.49. The number of carbonyl (C=O) groups excluding carboxylic acids is 2. The molecule has 158 valence electrons. The molecule has 2 amide bonds. The normalized spacial score (nSPS) is 15.8. The minimum absolute atomic E-state index is 0.0816. The molecule has 1 atom stereocenters. The van der Waals surface area contributed by atoms with Crippen LogP contribution in [0.2, 0.25) is 5.02 Å². The highest BCUT2D eigenvalue weighted by atomic mass is 35.5. The number of nitrogens with zero attached hydrogens (tertiary/aromatic N) is 1. The molecule has 1 aliphatic heterocycles. The highest BCUT2D eigenvalue weighted by molar-refractivity contribution is 6.31. The number of aryl methyl sites for hydroxylation is 2. The molecule has 0 spiro atoms. The highest BCUT2D eigenvalue weighted by Crippen LogP contribution is 2.30. The van der Waals surface area contributed by atoms with E-state index in [0.717, 1.165) is 11.3 Å². The second-order valence-electron chi connectivity index (χ2n) is 7.77. The van der Waals surface area contributed by atoms with E-state index < -0.39 is 5.92 Å². The summed E-state index contributed by atoms with van der Waals surface area (Å²) in [5.74, 6) is 0.753. The Bertz CT molecular complexity index is 1110. The molecule has 0 aromatic heterocycles. The van der Waals surface area contributed by atoms with Gasteiger partial charge in [-0.2, -0.15) is 0 Å². The van der Waals surface area contributed by atoms with Gasteiger partial charge in [0.15, 0.2) is 0 Å². The monoisotopic (exact) mass is 434 g/mol. The molecule has 0 bridgehead atoms. The third-order valence-electron chi connectivity index (χ3n) is 5.34. The zero-order valence-corrected chi connectivity index (χ0v) is 18.1. The molecule has 1 fully saturated rings. The topological polar surface area (TPSA) is 58.6 Å². The van der Waals surface area contributed by atoms with Gasteiger partial charge in [0.1, 0.15) is 11.5 Å². The first kappa shape index (κ1) is 20.9. The molecule has 0 unspecified atom stereocenters. The van der Waals surface area contributed by atoms with Crippen LogP contribution < -0.4 is 15.0 Å². The van der Waals surface area contributed by atoms with Crippen molar-refractivity contribution in [2.45, 2.75) is 20.3 Å². The van der Waals surface area contributed by atoms with E-state index in [9.17, 15) is 9.59 Å². The molecule has 0 radical (unpaired) electrons. The Hall–Kier alpha value is -3.31. The van der Waals surface area contributed by atoms with Crippen molar-refractivity contribution >= 4 is 34.8 Å². The van der Waals surface area contributed by atoms with Gasteiger partial charge in [-0.15, -0.1) is 0 Å². The summed E-state index contributed by atoms with van der Waals surface area (Å²) in [6.07, 6.45) is 0.173. The molecule has 3 aromatic carbocycles. The molecule has 1 N–H and O–H groups in total. The molecular formula is C25H23ClN2O3. The Morgan fingerprint density at radius 1 is 1.00 bits per heavy atom. The summed E-state index contributed by atoms with van der Waals surface area (Å²) in [6.45, 7) is 4.26. The lowest BCUT2D eigenvalue weighted by atomic mass is 10.1. The predicted molar refractivity (Wildman–Crippen MR) is 123 cm³/mol. The van der Waals surface area contributed by atoms with E-state index in [1.54, 1.807) is 35.2 Å². The summed E-state index contributed by atoms with van der Waals surface area (Å²) in [7, 11) is 0. The van der Waals surface area contributed by atoms with Crippen LogP contribution in [0.5, 0.6) is 11.5 Å². The zero-order chi connectivity index (χ0) is 22.0. The third kappa shape index (κ3) is 4.89. The van der Waals surface area contributed by atoms with Crippen molar-refractivity contribution in [2.24, 2.45) is 5.92 Å². The average Bonchev–Trinajstić information content (AvgIpc) is 3.15. The fraction of sp³-hybridized carbons (Fsp3) is 0.200. The van der Waals surface area contributed by atoms with Crippen LogP contribution in [0.25, 0.3) is 0 Å². The van der Waals surface area contributed by atoms with Crippen LogP contribution in [0.4, 0.5) is 11.4 Å². The number of carbonyl (C=O) groups is 2. The van der Waals surface area contributed by atoms with Crippen LogP contribution >= 0.6 is 11.6 Å². The molecule has 0 aliphatic carbocycles. The van der Waals surface area contributed by atoms with Crippen molar-refractivity contribution in [2.75, 3.05) is 16.8 Å². The lowest BCUT2D eigenvalue weighted by Gasteiger charge is -2.17. The number of hydrogen-bond acceptors (Lipinski definition) is 3. The summed E-state index contributed by atoms with van der Waals surface area (Å²) in [4.78, 5) is 26.8. The third-order valence-corrected chi connectivity index (χ3v) is 5.75. The van der Waals surface area contributed by atoms with E-state index in [-0.39, 0.29) is 18.2 Å². The lowest BCUT2D eigenvalue weighted by Crippen LogP contribution is -2.28. The minimum atomic E-state index is -0.420. The van der Waals surface area contributed by atoms with Gasteiger partial charge in [0.25, 0.3) is 0 Å². The molecule has 5 nitrogen and oxygen atoms in total. The van der Waals surface area contributed by atoms with Gasteiger partial charge in [0.05, 0.1) is 5.92 Å². The van der Waals surface area contributed by atoms with E-state index >= 15 is 0 Å². The zero-order valence-electron chi connectivity index (χ0n) is 17.4. The fourth-order valence-electron chi connectivity index (χ4n) is 3.48. The number of nitrogens with one attached hydrogen (secondary N) is 1. The van der Waals surface area contributed by atoms with Crippen LogP contribution in [0, 0.1) is 19.8 Å². The van der Waals surface area contributed by atoms with Gasteiger partial charge in [-0.1, -0.05) is 35.4 Å². The Labute approximate surface area is 186 Å². The largest absolute Gasteiger partial charge is 0.457 e. The van der Waals surface area contributed by atoms with Crippen LogP contribution in [0.15, 0.2) is 66.7 Å². The van der Waals surface area contributed by atoms with E-state index in [1.807, 2.05) is 50.2 Å². The molecule has 1 saturated heterocycles. The van der Waals surface area contributed by atoms with Crippen LogP contribution in [-0.2, 0) is 9.59 Å². The van der Waals surface area contributed by atoms with Gasteiger partial charge < -0.3 is 15.0 Å². The van der Waals surface area contributed by atoms with Crippen LogP contribution in [0.3, 0.4) is 0 Å². The smallest absolute Gasteiger partial charge is 0.229 e. The molecule has 4 rings (SSSR count). The average molecular weight is 435 g/mol. The summed E-state index contributed by atoms with van der Waals surface area (Å²) in [6, 6.07) is 20.5. The van der Waals surface area contributed by atoms with Crippen molar-refractivity contribution < 1.29 is 14.3 Å². The van der Waals surface area contributed by atoms with Crippen molar-refractivity contribution in [3.63, 3.8) is 0 Å². The van der Waals surface area contributed by atoms with Gasteiger partial charge in [-0.3, -0.25) is 9.59 Å². The van der Waals surface area contributed by atoms with E-state index in [0.29, 0.717) is 28.7 Å². The first-order valence-electron chi connectivity index (χ1n) is 10.1. The van der Waals surface area contributed by atoms with Gasteiger partial charge in [0, 0.05) is 29.4 Å². The number of rotatable bonds is 5. The van der Waals surface area contributed by atoms with Crippen molar-refractivity contribution in [3.8, 4) is 11.5 Å².